The Morgan fingerprint density at radius 1 is 0.778 bits per heavy atom. The first-order chi connectivity index (χ1) is 8.37. The van der Waals surface area contributed by atoms with Gasteiger partial charge in [0, 0.05) is 11.1 Å². The second-order valence-electron chi connectivity index (χ2n) is 6.39. The lowest BCUT2D eigenvalue weighted by atomic mass is 9.74. The molecule has 0 fully saturated rings. The molecule has 2 aromatic carbocycles. The van der Waals surface area contributed by atoms with Crippen LogP contribution in [0.1, 0.15) is 38.8 Å². The minimum Gasteiger partial charge on any atom is -0.288 e. The van der Waals surface area contributed by atoms with Crippen LogP contribution in [0.25, 0.3) is 10.8 Å². The maximum Gasteiger partial charge on any atom is 0.0416 e. The van der Waals surface area contributed by atoms with E-state index >= 15 is 0 Å². The molecule has 0 N–H and O–H groups in total. The van der Waals surface area contributed by atoms with Crippen molar-refractivity contribution in [1.29, 1.82) is 0 Å². The SMILES string of the molecule is CN1C(C)(C)c2cccc3cccc(c23)C1(C)C. The summed E-state index contributed by atoms with van der Waals surface area (Å²) in [6.45, 7) is 9.28. The fourth-order valence-electron chi connectivity index (χ4n) is 3.42. The Morgan fingerprint density at radius 3 is 1.67 bits per heavy atom. The van der Waals surface area contributed by atoms with E-state index in [0.29, 0.717) is 0 Å². The highest BCUT2D eigenvalue weighted by atomic mass is 15.2. The van der Waals surface area contributed by atoms with E-state index in [9.17, 15) is 0 Å². The molecule has 0 unspecified atom stereocenters. The zero-order chi connectivity index (χ0) is 13.1. The zero-order valence-corrected chi connectivity index (χ0v) is 11.9. The van der Waals surface area contributed by atoms with Crippen molar-refractivity contribution in [3.05, 3.63) is 47.5 Å². The highest BCUT2D eigenvalue weighted by Gasteiger charge is 2.43. The van der Waals surface area contributed by atoms with Gasteiger partial charge in [0.15, 0.2) is 0 Å². The molecule has 0 atom stereocenters. The van der Waals surface area contributed by atoms with Crippen molar-refractivity contribution in [1.82, 2.24) is 4.90 Å². The molecule has 0 bridgehead atoms. The first-order valence-corrected chi connectivity index (χ1v) is 6.63. The third-order valence-electron chi connectivity index (χ3n) is 4.90. The molecule has 0 saturated carbocycles. The van der Waals surface area contributed by atoms with Crippen LogP contribution >= 0.6 is 0 Å². The molecule has 3 rings (SSSR count). The number of nitrogens with zero attached hydrogens (tertiary/aromatic N) is 1. The van der Waals surface area contributed by atoms with Gasteiger partial charge in [-0.1, -0.05) is 36.4 Å². The molecule has 1 heterocycles. The Balaban J connectivity index is 2.52. The smallest absolute Gasteiger partial charge is 0.0416 e. The average molecular weight is 239 g/mol. The lowest BCUT2D eigenvalue weighted by molar-refractivity contribution is 0.0354. The fraction of sp³-hybridized carbons (Fsp3) is 0.412. The topological polar surface area (TPSA) is 3.24 Å². The van der Waals surface area contributed by atoms with Crippen molar-refractivity contribution < 1.29 is 0 Å². The largest absolute Gasteiger partial charge is 0.288 e. The van der Waals surface area contributed by atoms with Crippen LogP contribution in [0.2, 0.25) is 0 Å². The lowest BCUT2D eigenvalue weighted by Gasteiger charge is -2.51. The lowest BCUT2D eigenvalue weighted by Crippen LogP contribution is -2.52. The van der Waals surface area contributed by atoms with E-state index in [1.165, 1.54) is 21.9 Å². The van der Waals surface area contributed by atoms with Crippen molar-refractivity contribution in [2.24, 2.45) is 0 Å². The number of hydrogen-bond acceptors (Lipinski definition) is 1. The molecule has 0 aromatic heterocycles. The summed E-state index contributed by atoms with van der Waals surface area (Å²) >= 11 is 0. The quantitative estimate of drug-likeness (QED) is 0.664. The predicted octanol–water partition coefficient (Wildman–Crippen LogP) is 4.26. The Labute approximate surface area is 109 Å². The first kappa shape index (κ1) is 11.7. The van der Waals surface area contributed by atoms with E-state index in [1.807, 2.05) is 0 Å². The molecule has 0 saturated heterocycles. The van der Waals surface area contributed by atoms with Gasteiger partial charge in [0.2, 0.25) is 0 Å². The van der Waals surface area contributed by atoms with Crippen molar-refractivity contribution in [3.8, 4) is 0 Å². The van der Waals surface area contributed by atoms with Gasteiger partial charge in [0.25, 0.3) is 0 Å². The van der Waals surface area contributed by atoms with Gasteiger partial charge in [-0.3, -0.25) is 4.90 Å². The van der Waals surface area contributed by atoms with Crippen LogP contribution in [0, 0.1) is 0 Å². The molecule has 94 valence electrons. The van der Waals surface area contributed by atoms with Crippen LogP contribution in [-0.2, 0) is 11.1 Å². The summed E-state index contributed by atoms with van der Waals surface area (Å²) in [5, 5.41) is 2.81. The third-order valence-corrected chi connectivity index (χ3v) is 4.90. The fourth-order valence-corrected chi connectivity index (χ4v) is 3.42. The molecule has 0 aliphatic carbocycles. The highest BCUT2D eigenvalue weighted by Crippen LogP contribution is 2.47. The summed E-state index contributed by atoms with van der Waals surface area (Å²) in [7, 11) is 2.23. The van der Waals surface area contributed by atoms with Gasteiger partial charge in [0.1, 0.15) is 0 Å². The molecule has 1 heteroatoms. The Bertz CT molecular complexity index is 572. The van der Waals surface area contributed by atoms with Gasteiger partial charge in [0.05, 0.1) is 0 Å². The summed E-state index contributed by atoms with van der Waals surface area (Å²) in [5.74, 6) is 0. The molecular formula is C17H21N. The highest BCUT2D eigenvalue weighted by molar-refractivity contribution is 5.91. The second kappa shape index (κ2) is 3.36. The van der Waals surface area contributed by atoms with E-state index in [4.69, 9.17) is 0 Å². The van der Waals surface area contributed by atoms with Crippen LogP contribution in [0.5, 0.6) is 0 Å². The van der Waals surface area contributed by atoms with E-state index in [1.54, 1.807) is 0 Å². The molecule has 0 amide bonds. The van der Waals surface area contributed by atoms with Gasteiger partial charge in [-0.15, -0.1) is 0 Å². The molecule has 1 aliphatic heterocycles. The molecular weight excluding hydrogens is 218 g/mol. The number of benzene rings is 2. The molecule has 2 aromatic rings. The molecule has 0 spiro atoms. The standard InChI is InChI=1S/C17H21N/c1-16(2)13-10-6-8-12-9-7-11-14(15(12)13)17(3,4)18(16)5/h6-11H,1-5H3. The Hall–Kier alpha value is -1.34. The van der Waals surface area contributed by atoms with E-state index < -0.39 is 0 Å². The maximum absolute atomic E-state index is 2.48. The van der Waals surface area contributed by atoms with Crippen LogP contribution in [0.15, 0.2) is 36.4 Å². The minimum absolute atomic E-state index is 0.0668. The molecule has 0 radical (unpaired) electrons. The van der Waals surface area contributed by atoms with Crippen LogP contribution in [0.4, 0.5) is 0 Å². The zero-order valence-electron chi connectivity index (χ0n) is 11.9. The summed E-state index contributed by atoms with van der Waals surface area (Å²) < 4.78 is 0. The van der Waals surface area contributed by atoms with Crippen molar-refractivity contribution in [3.63, 3.8) is 0 Å². The second-order valence-corrected chi connectivity index (χ2v) is 6.39. The maximum atomic E-state index is 2.48. The Kier molecular flexibility index (Phi) is 2.19. The van der Waals surface area contributed by atoms with Crippen LogP contribution in [0.3, 0.4) is 0 Å². The van der Waals surface area contributed by atoms with E-state index in [0.717, 1.165) is 0 Å². The van der Waals surface area contributed by atoms with E-state index in [2.05, 4.69) is 76.0 Å². The molecule has 18 heavy (non-hydrogen) atoms. The van der Waals surface area contributed by atoms with Gasteiger partial charge >= 0.3 is 0 Å². The normalized spacial score (nSPS) is 21.2. The first-order valence-electron chi connectivity index (χ1n) is 6.63. The molecule has 1 nitrogen and oxygen atoms in total. The minimum atomic E-state index is 0.0668. The van der Waals surface area contributed by atoms with Crippen LogP contribution in [-0.4, -0.2) is 11.9 Å². The van der Waals surface area contributed by atoms with E-state index in [-0.39, 0.29) is 11.1 Å². The summed E-state index contributed by atoms with van der Waals surface area (Å²) in [5.41, 5.74) is 3.02. The van der Waals surface area contributed by atoms with Crippen LogP contribution < -0.4 is 0 Å². The van der Waals surface area contributed by atoms with Gasteiger partial charge in [-0.05, 0) is 56.6 Å². The number of rotatable bonds is 0. The summed E-state index contributed by atoms with van der Waals surface area (Å²) in [6.07, 6.45) is 0. The molecule has 1 aliphatic rings. The third kappa shape index (κ3) is 1.26. The monoisotopic (exact) mass is 239 g/mol. The van der Waals surface area contributed by atoms with Gasteiger partial charge < -0.3 is 0 Å². The van der Waals surface area contributed by atoms with Gasteiger partial charge in [-0.25, -0.2) is 0 Å². The van der Waals surface area contributed by atoms with Crippen molar-refractivity contribution in [2.75, 3.05) is 7.05 Å². The average Bonchev–Trinajstić information content (AvgIpc) is 2.34. The number of hydrogen-bond donors (Lipinski definition) is 0. The van der Waals surface area contributed by atoms with Crippen molar-refractivity contribution >= 4 is 10.8 Å². The Morgan fingerprint density at radius 2 is 1.22 bits per heavy atom. The van der Waals surface area contributed by atoms with Crippen molar-refractivity contribution in [2.45, 2.75) is 38.8 Å². The summed E-state index contributed by atoms with van der Waals surface area (Å²) in [4.78, 5) is 2.48. The predicted molar refractivity (Wildman–Crippen MR) is 77.8 cm³/mol. The summed E-state index contributed by atoms with van der Waals surface area (Å²) in [6, 6.07) is 13.3. The van der Waals surface area contributed by atoms with Gasteiger partial charge in [-0.2, -0.15) is 0 Å².